The summed E-state index contributed by atoms with van der Waals surface area (Å²) < 4.78 is 5.24. The van der Waals surface area contributed by atoms with Gasteiger partial charge in [-0.1, -0.05) is 16.8 Å². The molecule has 0 bridgehead atoms. The van der Waals surface area contributed by atoms with Crippen LogP contribution in [0.5, 0.6) is 0 Å². The Morgan fingerprint density at radius 1 is 1.35 bits per heavy atom. The molecule has 26 heavy (non-hydrogen) atoms. The third kappa shape index (κ3) is 4.60. The standard InChI is InChI=1S/C18H21ClN4O3/c1-12-21-18(26-22-12)14-3-2-10-23(11-14)16(24)8-9-20-17(25)13-4-6-15(19)7-5-13/h4-7,14H,2-3,8-11H2,1H3,(H,20,25). The highest BCUT2D eigenvalue weighted by Crippen LogP contribution is 2.25. The minimum atomic E-state index is -0.215. The van der Waals surface area contributed by atoms with Crippen LogP contribution in [-0.4, -0.2) is 46.5 Å². The number of aryl methyl sites for hydroxylation is 1. The maximum atomic E-state index is 12.4. The quantitative estimate of drug-likeness (QED) is 0.866. The number of hydrogen-bond donors (Lipinski definition) is 1. The Labute approximate surface area is 156 Å². The van der Waals surface area contributed by atoms with Crippen molar-refractivity contribution in [2.75, 3.05) is 19.6 Å². The highest BCUT2D eigenvalue weighted by Gasteiger charge is 2.28. The average molecular weight is 377 g/mol. The van der Waals surface area contributed by atoms with Crippen LogP contribution in [0.2, 0.25) is 5.02 Å². The monoisotopic (exact) mass is 376 g/mol. The van der Waals surface area contributed by atoms with Crippen molar-refractivity contribution in [1.29, 1.82) is 0 Å². The summed E-state index contributed by atoms with van der Waals surface area (Å²) in [5.74, 6) is 1.08. The number of likely N-dealkylation sites (tertiary alicyclic amines) is 1. The van der Waals surface area contributed by atoms with Gasteiger partial charge in [0.15, 0.2) is 5.82 Å². The summed E-state index contributed by atoms with van der Waals surface area (Å²) in [4.78, 5) is 30.6. The Hall–Kier alpha value is -2.41. The second-order valence-electron chi connectivity index (χ2n) is 6.37. The van der Waals surface area contributed by atoms with Crippen molar-refractivity contribution in [3.8, 4) is 0 Å². The van der Waals surface area contributed by atoms with E-state index in [1.54, 1.807) is 31.2 Å². The van der Waals surface area contributed by atoms with Gasteiger partial charge < -0.3 is 14.7 Å². The molecule has 1 aromatic heterocycles. The van der Waals surface area contributed by atoms with Crippen LogP contribution in [0.15, 0.2) is 28.8 Å². The highest BCUT2D eigenvalue weighted by molar-refractivity contribution is 6.30. The van der Waals surface area contributed by atoms with E-state index in [0.29, 0.717) is 41.9 Å². The van der Waals surface area contributed by atoms with Crippen molar-refractivity contribution in [3.63, 3.8) is 0 Å². The Balaban J connectivity index is 1.47. The van der Waals surface area contributed by atoms with Crippen molar-refractivity contribution in [1.82, 2.24) is 20.4 Å². The highest BCUT2D eigenvalue weighted by atomic mass is 35.5. The van der Waals surface area contributed by atoms with Gasteiger partial charge in [-0.25, -0.2) is 0 Å². The molecule has 0 aliphatic carbocycles. The molecule has 7 nitrogen and oxygen atoms in total. The Bertz CT molecular complexity index is 775. The van der Waals surface area contributed by atoms with Crippen LogP contribution in [0.3, 0.4) is 0 Å². The summed E-state index contributed by atoms with van der Waals surface area (Å²) in [6.07, 6.45) is 2.09. The molecular weight excluding hydrogens is 356 g/mol. The van der Waals surface area contributed by atoms with Gasteiger partial charge in [0, 0.05) is 36.6 Å². The fourth-order valence-corrected chi connectivity index (χ4v) is 3.15. The summed E-state index contributed by atoms with van der Waals surface area (Å²) in [6, 6.07) is 6.63. The third-order valence-electron chi connectivity index (χ3n) is 4.40. The molecule has 1 aliphatic rings. The molecule has 1 fully saturated rings. The van der Waals surface area contributed by atoms with E-state index in [1.165, 1.54) is 0 Å². The second kappa shape index (κ2) is 8.31. The molecule has 1 aromatic carbocycles. The normalized spacial score (nSPS) is 17.2. The maximum Gasteiger partial charge on any atom is 0.251 e. The number of hydrogen-bond acceptors (Lipinski definition) is 5. The first-order valence-electron chi connectivity index (χ1n) is 8.64. The van der Waals surface area contributed by atoms with Crippen LogP contribution < -0.4 is 5.32 Å². The number of carbonyl (C=O) groups is 2. The fraction of sp³-hybridized carbons (Fsp3) is 0.444. The molecule has 0 saturated carbocycles. The summed E-state index contributed by atoms with van der Waals surface area (Å²) >= 11 is 5.81. The average Bonchev–Trinajstić information content (AvgIpc) is 3.08. The largest absolute Gasteiger partial charge is 0.352 e. The third-order valence-corrected chi connectivity index (χ3v) is 4.65. The summed E-state index contributed by atoms with van der Waals surface area (Å²) in [5, 5.41) is 7.16. The molecule has 1 atom stereocenters. The lowest BCUT2D eigenvalue weighted by Crippen LogP contribution is -2.40. The topological polar surface area (TPSA) is 88.3 Å². The van der Waals surface area contributed by atoms with Gasteiger partial charge in [-0.3, -0.25) is 9.59 Å². The smallest absolute Gasteiger partial charge is 0.251 e. The lowest BCUT2D eigenvalue weighted by Gasteiger charge is -2.31. The van der Waals surface area contributed by atoms with E-state index in [4.69, 9.17) is 16.1 Å². The minimum absolute atomic E-state index is 0.0161. The van der Waals surface area contributed by atoms with Gasteiger partial charge in [0.05, 0.1) is 5.92 Å². The lowest BCUT2D eigenvalue weighted by atomic mass is 9.97. The number of rotatable bonds is 5. The van der Waals surface area contributed by atoms with Gasteiger partial charge in [-0.15, -0.1) is 0 Å². The van der Waals surface area contributed by atoms with E-state index in [-0.39, 0.29) is 24.2 Å². The number of benzene rings is 1. The molecule has 0 radical (unpaired) electrons. The number of amides is 2. The number of carbonyl (C=O) groups excluding carboxylic acids is 2. The Morgan fingerprint density at radius 3 is 2.81 bits per heavy atom. The summed E-state index contributed by atoms with van der Waals surface area (Å²) in [6.45, 7) is 3.36. The lowest BCUT2D eigenvalue weighted by molar-refractivity contribution is -0.132. The molecule has 0 spiro atoms. The molecule has 1 aliphatic heterocycles. The van der Waals surface area contributed by atoms with Gasteiger partial charge >= 0.3 is 0 Å². The first-order valence-corrected chi connectivity index (χ1v) is 9.02. The van der Waals surface area contributed by atoms with Crippen LogP contribution in [0.4, 0.5) is 0 Å². The maximum absolute atomic E-state index is 12.4. The number of halogens is 1. The number of nitrogens with one attached hydrogen (secondary N) is 1. The van der Waals surface area contributed by atoms with E-state index >= 15 is 0 Å². The van der Waals surface area contributed by atoms with Crippen molar-refractivity contribution >= 4 is 23.4 Å². The number of nitrogens with zero attached hydrogens (tertiary/aromatic N) is 3. The Morgan fingerprint density at radius 2 is 2.12 bits per heavy atom. The number of piperidine rings is 1. The second-order valence-corrected chi connectivity index (χ2v) is 6.81. The zero-order chi connectivity index (χ0) is 18.5. The first kappa shape index (κ1) is 18.4. The van der Waals surface area contributed by atoms with Crippen LogP contribution in [0, 0.1) is 6.92 Å². The fourth-order valence-electron chi connectivity index (χ4n) is 3.03. The zero-order valence-electron chi connectivity index (χ0n) is 14.6. The Kier molecular flexibility index (Phi) is 5.88. The van der Waals surface area contributed by atoms with E-state index in [0.717, 1.165) is 12.8 Å². The van der Waals surface area contributed by atoms with Gasteiger partial charge in [0.25, 0.3) is 5.91 Å². The van der Waals surface area contributed by atoms with E-state index in [1.807, 2.05) is 4.90 Å². The van der Waals surface area contributed by atoms with E-state index in [9.17, 15) is 9.59 Å². The SMILES string of the molecule is Cc1noc(C2CCCN(C(=O)CCNC(=O)c3ccc(Cl)cc3)C2)n1. The first-order chi connectivity index (χ1) is 12.5. The molecule has 2 heterocycles. The van der Waals surface area contributed by atoms with Gasteiger partial charge in [0.2, 0.25) is 11.8 Å². The number of aromatic nitrogens is 2. The molecule has 3 rings (SSSR count). The van der Waals surface area contributed by atoms with Crippen LogP contribution in [0.1, 0.15) is 47.3 Å². The molecule has 1 saturated heterocycles. The van der Waals surface area contributed by atoms with Crippen molar-refractivity contribution in [3.05, 3.63) is 46.6 Å². The van der Waals surface area contributed by atoms with Crippen molar-refractivity contribution < 1.29 is 14.1 Å². The van der Waals surface area contributed by atoms with Crippen LogP contribution in [-0.2, 0) is 4.79 Å². The van der Waals surface area contributed by atoms with Gasteiger partial charge in [-0.05, 0) is 44.0 Å². The molecule has 1 N–H and O–H groups in total. The summed E-state index contributed by atoms with van der Waals surface area (Å²) in [7, 11) is 0. The van der Waals surface area contributed by atoms with Crippen LogP contribution in [0.25, 0.3) is 0 Å². The molecule has 2 aromatic rings. The molecule has 1 unspecified atom stereocenters. The van der Waals surface area contributed by atoms with Gasteiger partial charge in [0.1, 0.15) is 0 Å². The molecule has 138 valence electrons. The molecule has 2 amide bonds. The van der Waals surface area contributed by atoms with Crippen molar-refractivity contribution in [2.45, 2.75) is 32.1 Å². The van der Waals surface area contributed by atoms with Crippen molar-refractivity contribution in [2.24, 2.45) is 0 Å². The van der Waals surface area contributed by atoms with Gasteiger partial charge in [-0.2, -0.15) is 4.98 Å². The summed E-state index contributed by atoms with van der Waals surface area (Å²) in [5.41, 5.74) is 0.520. The molecule has 8 heteroatoms. The predicted octanol–water partition coefficient (Wildman–Crippen LogP) is 2.56. The molecular formula is C18H21ClN4O3. The zero-order valence-corrected chi connectivity index (χ0v) is 15.3. The van der Waals surface area contributed by atoms with Crippen LogP contribution >= 0.6 is 11.6 Å². The predicted molar refractivity (Wildman–Crippen MR) is 96.0 cm³/mol. The van der Waals surface area contributed by atoms with E-state index < -0.39 is 0 Å². The minimum Gasteiger partial charge on any atom is -0.352 e. The van der Waals surface area contributed by atoms with E-state index in [2.05, 4.69) is 15.5 Å².